The van der Waals surface area contributed by atoms with E-state index in [4.69, 9.17) is 16.9 Å². The lowest BCUT2D eigenvalue weighted by Gasteiger charge is -2.34. The van der Waals surface area contributed by atoms with Crippen LogP contribution in [0.1, 0.15) is 43.0 Å². The number of rotatable bonds is 4. The van der Waals surface area contributed by atoms with E-state index in [0.717, 1.165) is 43.3 Å². The molecule has 1 aromatic heterocycles. The molecule has 1 N–H and O–H groups in total. The summed E-state index contributed by atoms with van der Waals surface area (Å²) in [6.45, 7) is 1.87. The predicted molar refractivity (Wildman–Crippen MR) is 99.0 cm³/mol. The minimum absolute atomic E-state index is 0.412. The van der Waals surface area contributed by atoms with E-state index in [1.807, 2.05) is 24.4 Å². The standard InChI is InChI=1S/C19H20ClN5/c20-16-11-13(12-21)1-4-17(16)25-9-6-15(7-10-25)23-18-5-8-22-19(24-18)14-2-3-14/h1,4-5,8,11,14-15H,2-3,6-7,9-10H2,(H,22,23,24). The number of hydrogen-bond acceptors (Lipinski definition) is 5. The van der Waals surface area contributed by atoms with Gasteiger partial charge in [0.2, 0.25) is 0 Å². The summed E-state index contributed by atoms with van der Waals surface area (Å²) in [7, 11) is 0. The highest BCUT2D eigenvalue weighted by Gasteiger charge is 2.27. The number of nitriles is 1. The molecule has 0 unspecified atom stereocenters. The maximum absolute atomic E-state index is 8.95. The van der Waals surface area contributed by atoms with Gasteiger partial charge in [-0.2, -0.15) is 5.26 Å². The average molecular weight is 354 g/mol. The van der Waals surface area contributed by atoms with Gasteiger partial charge >= 0.3 is 0 Å². The van der Waals surface area contributed by atoms with Crippen molar-refractivity contribution in [2.75, 3.05) is 23.3 Å². The summed E-state index contributed by atoms with van der Waals surface area (Å²) >= 11 is 6.34. The summed E-state index contributed by atoms with van der Waals surface area (Å²) in [6.07, 6.45) is 6.34. The maximum atomic E-state index is 8.95. The number of piperidine rings is 1. The molecule has 1 saturated carbocycles. The van der Waals surface area contributed by atoms with Crippen LogP contribution in [0.3, 0.4) is 0 Å². The Kier molecular flexibility index (Phi) is 4.46. The third-order valence-corrected chi connectivity index (χ3v) is 5.18. The lowest BCUT2D eigenvalue weighted by atomic mass is 10.0. The van der Waals surface area contributed by atoms with Gasteiger partial charge in [0, 0.05) is 31.2 Å². The first-order valence-corrected chi connectivity index (χ1v) is 9.15. The summed E-state index contributed by atoms with van der Waals surface area (Å²) in [5.41, 5.74) is 1.61. The van der Waals surface area contributed by atoms with Gasteiger partial charge in [0.25, 0.3) is 0 Å². The summed E-state index contributed by atoms with van der Waals surface area (Å²) in [5, 5.41) is 13.2. The number of anilines is 2. The van der Waals surface area contributed by atoms with Crippen molar-refractivity contribution in [1.82, 2.24) is 9.97 Å². The van der Waals surface area contributed by atoms with Gasteiger partial charge in [-0.1, -0.05) is 11.6 Å². The molecule has 6 heteroatoms. The minimum atomic E-state index is 0.412. The summed E-state index contributed by atoms with van der Waals surface area (Å²) < 4.78 is 0. The molecular formula is C19H20ClN5. The maximum Gasteiger partial charge on any atom is 0.133 e. The van der Waals surface area contributed by atoms with Crippen molar-refractivity contribution in [1.29, 1.82) is 5.26 Å². The van der Waals surface area contributed by atoms with Crippen LogP contribution in [-0.4, -0.2) is 29.1 Å². The number of nitrogens with one attached hydrogen (secondary N) is 1. The molecule has 25 heavy (non-hydrogen) atoms. The zero-order valence-corrected chi connectivity index (χ0v) is 14.7. The van der Waals surface area contributed by atoms with Crippen molar-refractivity contribution < 1.29 is 0 Å². The highest BCUT2D eigenvalue weighted by molar-refractivity contribution is 6.33. The van der Waals surface area contributed by atoms with Crippen molar-refractivity contribution in [3.8, 4) is 6.07 Å². The van der Waals surface area contributed by atoms with E-state index in [1.54, 1.807) is 6.07 Å². The first kappa shape index (κ1) is 16.2. The predicted octanol–water partition coefficient (Wildman–Crippen LogP) is 3.96. The molecule has 2 fully saturated rings. The summed E-state index contributed by atoms with van der Waals surface area (Å²) in [4.78, 5) is 11.3. The first-order valence-electron chi connectivity index (χ1n) is 8.77. The highest BCUT2D eigenvalue weighted by atomic mass is 35.5. The molecule has 1 aliphatic heterocycles. The van der Waals surface area contributed by atoms with Crippen LogP contribution in [0.5, 0.6) is 0 Å². The van der Waals surface area contributed by atoms with Crippen LogP contribution >= 0.6 is 11.6 Å². The van der Waals surface area contributed by atoms with Crippen LogP contribution in [0.25, 0.3) is 0 Å². The number of halogens is 1. The second kappa shape index (κ2) is 6.89. The zero-order valence-electron chi connectivity index (χ0n) is 14.0. The quantitative estimate of drug-likeness (QED) is 0.901. The molecule has 5 nitrogen and oxygen atoms in total. The Morgan fingerprint density at radius 3 is 2.64 bits per heavy atom. The lowest BCUT2D eigenvalue weighted by molar-refractivity contribution is 0.525. The fraction of sp³-hybridized carbons (Fsp3) is 0.421. The van der Waals surface area contributed by atoms with E-state index in [0.29, 0.717) is 22.5 Å². The fourth-order valence-electron chi connectivity index (χ4n) is 3.30. The molecule has 0 radical (unpaired) electrons. The van der Waals surface area contributed by atoms with E-state index in [9.17, 15) is 0 Å². The Morgan fingerprint density at radius 2 is 1.96 bits per heavy atom. The monoisotopic (exact) mass is 353 g/mol. The van der Waals surface area contributed by atoms with Crippen molar-refractivity contribution in [3.63, 3.8) is 0 Å². The molecule has 2 aromatic rings. The van der Waals surface area contributed by atoms with Crippen LogP contribution in [0.4, 0.5) is 11.5 Å². The van der Waals surface area contributed by atoms with E-state index in [1.165, 1.54) is 12.8 Å². The number of hydrogen-bond donors (Lipinski definition) is 1. The molecule has 128 valence electrons. The summed E-state index contributed by atoms with van der Waals surface area (Å²) in [6, 6.07) is 10.00. The van der Waals surface area contributed by atoms with E-state index in [-0.39, 0.29) is 0 Å². The van der Waals surface area contributed by atoms with Crippen LogP contribution in [0.15, 0.2) is 30.5 Å². The smallest absolute Gasteiger partial charge is 0.133 e. The molecule has 0 amide bonds. The molecular weight excluding hydrogens is 334 g/mol. The average Bonchev–Trinajstić information content (AvgIpc) is 3.48. The Labute approximate surface area is 152 Å². The van der Waals surface area contributed by atoms with Crippen LogP contribution in [0.2, 0.25) is 5.02 Å². The normalized spacial score (nSPS) is 18.0. The molecule has 1 aliphatic carbocycles. The van der Waals surface area contributed by atoms with Crippen molar-refractivity contribution >= 4 is 23.1 Å². The van der Waals surface area contributed by atoms with Gasteiger partial charge in [-0.25, -0.2) is 9.97 Å². The van der Waals surface area contributed by atoms with Crippen LogP contribution in [0, 0.1) is 11.3 Å². The molecule has 1 saturated heterocycles. The van der Waals surface area contributed by atoms with Crippen LogP contribution in [-0.2, 0) is 0 Å². The Hall–Kier alpha value is -2.32. The van der Waals surface area contributed by atoms with Crippen molar-refractivity contribution in [2.24, 2.45) is 0 Å². The Morgan fingerprint density at radius 1 is 1.16 bits per heavy atom. The molecule has 4 rings (SSSR count). The largest absolute Gasteiger partial charge is 0.370 e. The second-order valence-electron chi connectivity index (χ2n) is 6.76. The number of aromatic nitrogens is 2. The van der Waals surface area contributed by atoms with Gasteiger partial charge < -0.3 is 10.2 Å². The van der Waals surface area contributed by atoms with Gasteiger partial charge in [-0.3, -0.25) is 0 Å². The Bertz CT molecular complexity index is 804. The van der Waals surface area contributed by atoms with Crippen molar-refractivity contribution in [3.05, 3.63) is 46.9 Å². The van der Waals surface area contributed by atoms with Gasteiger partial charge in [-0.05, 0) is 49.9 Å². The first-order chi connectivity index (χ1) is 12.2. The van der Waals surface area contributed by atoms with Crippen LogP contribution < -0.4 is 10.2 Å². The molecule has 2 aliphatic rings. The van der Waals surface area contributed by atoms with Gasteiger partial charge in [0.05, 0.1) is 22.3 Å². The third kappa shape index (κ3) is 3.69. The lowest BCUT2D eigenvalue weighted by Crippen LogP contribution is -2.39. The van der Waals surface area contributed by atoms with Gasteiger partial charge in [0.15, 0.2) is 0 Å². The topological polar surface area (TPSA) is 64.8 Å². The highest BCUT2D eigenvalue weighted by Crippen LogP contribution is 2.38. The molecule has 0 bridgehead atoms. The Balaban J connectivity index is 1.37. The van der Waals surface area contributed by atoms with E-state index in [2.05, 4.69) is 26.3 Å². The number of nitrogens with zero attached hydrogens (tertiary/aromatic N) is 4. The third-order valence-electron chi connectivity index (χ3n) is 4.88. The minimum Gasteiger partial charge on any atom is -0.370 e. The second-order valence-corrected chi connectivity index (χ2v) is 7.17. The zero-order chi connectivity index (χ0) is 17.2. The van der Waals surface area contributed by atoms with E-state index < -0.39 is 0 Å². The number of benzene rings is 1. The summed E-state index contributed by atoms with van der Waals surface area (Å²) in [5.74, 6) is 2.49. The van der Waals surface area contributed by atoms with Gasteiger partial charge in [0.1, 0.15) is 11.6 Å². The molecule has 0 atom stereocenters. The van der Waals surface area contributed by atoms with Gasteiger partial charge in [-0.15, -0.1) is 0 Å². The molecule has 0 spiro atoms. The van der Waals surface area contributed by atoms with Crippen molar-refractivity contribution in [2.45, 2.75) is 37.6 Å². The van der Waals surface area contributed by atoms with E-state index >= 15 is 0 Å². The fourth-order valence-corrected chi connectivity index (χ4v) is 3.60. The SMILES string of the molecule is N#Cc1ccc(N2CCC(Nc3ccnc(C4CC4)n3)CC2)c(Cl)c1. The molecule has 2 heterocycles. The molecule has 1 aromatic carbocycles.